The summed E-state index contributed by atoms with van der Waals surface area (Å²) >= 11 is 0. The van der Waals surface area contributed by atoms with Crippen LogP contribution in [0.2, 0.25) is 0 Å². The van der Waals surface area contributed by atoms with Crippen LogP contribution in [0.25, 0.3) is 0 Å². The molecule has 0 aliphatic carbocycles. The van der Waals surface area contributed by atoms with E-state index in [0.29, 0.717) is 0 Å². The van der Waals surface area contributed by atoms with E-state index in [1.807, 2.05) is 37.3 Å². The first kappa shape index (κ1) is 12.7. The number of methoxy groups -OCH3 is 1. The van der Waals surface area contributed by atoms with Crippen molar-refractivity contribution in [3.63, 3.8) is 0 Å². The Morgan fingerprint density at radius 1 is 1.44 bits per heavy atom. The van der Waals surface area contributed by atoms with Gasteiger partial charge in [-0.1, -0.05) is 30.3 Å². The maximum atomic E-state index is 11.0. The van der Waals surface area contributed by atoms with Crippen LogP contribution in [0.1, 0.15) is 12.5 Å². The molecule has 1 aromatic carbocycles. The van der Waals surface area contributed by atoms with Gasteiger partial charge in [0.2, 0.25) is 0 Å². The van der Waals surface area contributed by atoms with Crippen LogP contribution in [-0.2, 0) is 15.1 Å². The van der Waals surface area contributed by atoms with Gasteiger partial charge in [-0.2, -0.15) is 0 Å². The lowest BCUT2D eigenvalue weighted by Gasteiger charge is -2.28. The van der Waals surface area contributed by atoms with Gasteiger partial charge in [0.15, 0.2) is 0 Å². The Morgan fingerprint density at radius 2 is 2.06 bits per heavy atom. The highest BCUT2D eigenvalue weighted by Crippen LogP contribution is 2.19. The van der Waals surface area contributed by atoms with Gasteiger partial charge < -0.3 is 9.84 Å². The zero-order valence-electron chi connectivity index (χ0n) is 9.56. The maximum Gasteiger partial charge on any atom is 0.319 e. The van der Waals surface area contributed by atoms with Gasteiger partial charge in [0.05, 0.1) is 25.8 Å². The number of nitrogens with one attached hydrogen (secondary N) is 1. The molecule has 88 valence electrons. The molecule has 0 fully saturated rings. The van der Waals surface area contributed by atoms with E-state index in [0.717, 1.165) is 5.56 Å². The van der Waals surface area contributed by atoms with Crippen molar-refractivity contribution < 1.29 is 14.6 Å². The van der Waals surface area contributed by atoms with Crippen LogP contribution < -0.4 is 5.32 Å². The Hall–Kier alpha value is -1.39. The van der Waals surface area contributed by atoms with Crippen molar-refractivity contribution >= 4 is 5.97 Å². The summed E-state index contributed by atoms with van der Waals surface area (Å²) in [6.45, 7) is 1.82. The van der Waals surface area contributed by atoms with Gasteiger partial charge in [-0.15, -0.1) is 0 Å². The standard InChI is InChI=1S/C12H17NO3/c1-12(9-14,13-8-11(15)16-2)10-6-4-3-5-7-10/h3-7,13-14H,8-9H2,1-2H3. The van der Waals surface area contributed by atoms with Gasteiger partial charge in [-0.3, -0.25) is 10.1 Å². The summed E-state index contributed by atoms with van der Waals surface area (Å²) in [5.41, 5.74) is 0.302. The summed E-state index contributed by atoms with van der Waals surface area (Å²) in [6.07, 6.45) is 0. The number of hydrogen-bond donors (Lipinski definition) is 2. The van der Waals surface area contributed by atoms with Crippen molar-refractivity contribution in [1.82, 2.24) is 5.32 Å². The smallest absolute Gasteiger partial charge is 0.319 e. The van der Waals surface area contributed by atoms with Crippen LogP contribution in [0.5, 0.6) is 0 Å². The second-order valence-electron chi connectivity index (χ2n) is 3.79. The zero-order chi connectivity index (χ0) is 12.0. The minimum Gasteiger partial charge on any atom is -0.468 e. The molecule has 0 saturated heterocycles. The lowest BCUT2D eigenvalue weighted by molar-refractivity contribution is -0.140. The molecule has 0 spiro atoms. The van der Waals surface area contributed by atoms with Crippen LogP contribution in [0.15, 0.2) is 30.3 Å². The SMILES string of the molecule is COC(=O)CNC(C)(CO)c1ccccc1. The number of benzene rings is 1. The number of ether oxygens (including phenoxy) is 1. The molecule has 1 aromatic rings. The molecule has 0 saturated carbocycles. The molecular weight excluding hydrogens is 206 g/mol. The number of aliphatic hydroxyl groups excluding tert-OH is 1. The van der Waals surface area contributed by atoms with E-state index in [1.54, 1.807) is 0 Å². The summed E-state index contributed by atoms with van der Waals surface area (Å²) in [4.78, 5) is 11.0. The van der Waals surface area contributed by atoms with Crippen molar-refractivity contribution in [2.45, 2.75) is 12.5 Å². The third kappa shape index (κ3) is 3.05. The number of carbonyl (C=O) groups excluding carboxylic acids is 1. The van der Waals surface area contributed by atoms with Crippen LogP contribution in [0.4, 0.5) is 0 Å². The number of hydrogen-bond acceptors (Lipinski definition) is 4. The molecule has 1 rings (SSSR count). The number of aliphatic hydroxyl groups is 1. The Balaban J connectivity index is 2.74. The van der Waals surface area contributed by atoms with E-state index in [-0.39, 0.29) is 19.1 Å². The monoisotopic (exact) mass is 223 g/mol. The van der Waals surface area contributed by atoms with Crippen LogP contribution >= 0.6 is 0 Å². The number of esters is 1. The zero-order valence-corrected chi connectivity index (χ0v) is 9.56. The lowest BCUT2D eigenvalue weighted by atomic mass is 9.93. The van der Waals surface area contributed by atoms with Crippen molar-refractivity contribution in [2.24, 2.45) is 0 Å². The van der Waals surface area contributed by atoms with E-state index < -0.39 is 5.54 Å². The fraction of sp³-hybridized carbons (Fsp3) is 0.417. The van der Waals surface area contributed by atoms with Crippen LogP contribution in [0.3, 0.4) is 0 Å². The second kappa shape index (κ2) is 5.63. The highest BCUT2D eigenvalue weighted by atomic mass is 16.5. The van der Waals surface area contributed by atoms with E-state index >= 15 is 0 Å². The maximum absolute atomic E-state index is 11.0. The Kier molecular flexibility index (Phi) is 4.46. The highest BCUT2D eigenvalue weighted by Gasteiger charge is 2.25. The second-order valence-corrected chi connectivity index (χ2v) is 3.79. The normalized spacial score (nSPS) is 14.2. The Labute approximate surface area is 95.2 Å². The Morgan fingerprint density at radius 3 is 2.56 bits per heavy atom. The summed E-state index contributed by atoms with van der Waals surface area (Å²) in [5.74, 6) is -0.351. The third-order valence-electron chi connectivity index (χ3n) is 2.58. The van der Waals surface area contributed by atoms with E-state index in [2.05, 4.69) is 10.1 Å². The largest absolute Gasteiger partial charge is 0.468 e. The van der Waals surface area contributed by atoms with Crippen molar-refractivity contribution in [3.05, 3.63) is 35.9 Å². The van der Waals surface area contributed by atoms with Gasteiger partial charge >= 0.3 is 5.97 Å². The third-order valence-corrected chi connectivity index (χ3v) is 2.58. The van der Waals surface area contributed by atoms with Crippen LogP contribution in [-0.4, -0.2) is 31.3 Å². The molecule has 0 bridgehead atoms. The van der Waals surface area contributed by atoms with E-state index in [4.69, 9.17) is 0 Å². The summed E-state index contributed by atoms with van der Waals surface area (Å²) < 4.78 is 4.54. The molecule has 0 aliphatic rings. The van der Waals surface area contributed by atoms with E-state index in [9.17, 15) is 9.90 Å². The quantitative estimate of drug-likeness (QED) is 0.720. The number of rotatable bonds is 5. The first-order valence-electron chi connectivity index (χ1n) is 5.10. The van der Waals surface area contributed by atoms with Crippen molar-refractivity contribution in [3.8, 4) is 0 Å². The lowest BCUT2D eigenvalue weighted by Crippen LogP contribution is -2.45. The molecule has 1 atom stereocenters. The first-order valence-corrected chi connectivity index (χ1v) is 5.10. The Bertz CT molecular complexity index is 339. The van der Waals surface area contributed by atoms with Gasteiger partial charge in [-0.25, -0.2) is 0 Å². The topological polar surface area (TPSA) is 58.6 Å². The molecule has 4 nitrogen and oxygen atoms in total. The molecule has 2 N–H and O–H groups in total. The fourth-order valence-corrected chi connectivity index (χ4v) is 1.39. The summed E-state index contributed by atoms with van der Waals surface area (Å²) in [5, 5.41) is 12.4. The van der Waals surface area contributed by atoms with Crippen LogP contribution in [0, 0.1) is 0 Å². The number of carbonyl (C=O) groups is 1. The average Bonchev–Trinajstić information content (AvgIpc) is 2.36. The molecule has 0 heterocycles. The van der Waals surface area contributed by atoms with Gasteiger partial charge in [-0.05, 0) is 12.5 Å². The molecule has 4 heteroatoms. The van der Waals surface area contributed by atoms with Crippen molar-refractivity contribution in [2.75, 3.05) is 20.3 Å². The first-order chi connectivity index (χ1) is 7.62. The highest BCUT2D eigenvalue weighted by molar-refractivity contribution is 5.71. The summed E-state index contributed by atoms with van der Waals surface area (Å²) in [6, 6.07) is 9.49. The molecule has 0 aliphatic heterocycles. The minimum atomic E-state index is -0.630. The molecule has 0 amide bonds. The average molecular weight is 223 g/mol. The summed E-state index contributed by atoms with van der Waals surface area (Å²) in [7, 11) is 1.34. The molecule has 0 radical (unpaired) electrons. The predicted octanol–water partition coefficient (Wildman–Crippen LogP) is 0.657. The fourth-order valence-electron chi connectivity index (χ4n) is 1.39. The van der Waals surface area contributed by atoms with Gasteiger partial charge in [0, 0.05) is 0 Å². The van der Waals surface area contributed by atoms with Gasteiger partial charge in [0.25, 0.3) is 0 Å². The molecular formula is C12H17NO3. The predicted molar refractivity (Wildman–Crippen MR) is 60.9 cm³/mol. The molecule has 1 unspecified atom stereocenters. The van der Waals surface area contributed by atoms with Gasteiger partial charge in [0.1, 0.15) is 0 Å². The minimum absolute atomic E-state index is 0.0719. The van der Waals surface area contributed by atoms with E-state index in [1.165, 1.54) is 7.11 Å². The molecule has 16 heavy (non-hydrogen) atoms. The van der Waals surface area contributed by atoms with Crippen molar-refractivity contribution in [1.29, 1.82) is 0 Å². The molecule has 0 aromatic heterocycles.